The SMILES string of the molecule is C#CCCC1(CCN[C]=O)N=N1. The molecule has 1 heterocycles. The Morgan fingerprint density at radius 1 is 1.42 bits per heavy atom. The molecule has 0 fully saturated rings. The van der Waals surface area contributed by atoms with Gasteiger partial charge in [0.05, 0.1) is 0 Å². The molecule has 0 saturated heterocycles. The number of amides is 1. The Kier molecular flexibility index (Phi) is 2.81. The van der Waals surface area contributed by atoms with Crippen LogP contribution >= 0.6 is 0 Å². The van der Waals surface area contributed by atoms with Crippen LogP contribution in [0.3, 0.4) is 0 Å². The third kappa shape index (κ3) is 2.35. The van der Waals surface area contributed by atoms with Gasteiger partial charge in [0.2, 0.25) is 0 Å². The average molecular weight is 164 g/mol. The molecule has 0 unspecified atom stereocenters. The van der Waals surface area contributed by atoms with Gasteiger partial charge in [0.25, 0.3) is 0 Å². The second-order valence-corrected chi connectivity index (χ2v) is 2.67. The lowest BCUT2D eigenvalue weighted by Gasteiger charge is -2.06. The van der Waals surface area contributed by atoms with Gasteiger partial charge in [0.1, 0.15) is 0 Å². The normalized spacial score (nSPS) is 16.6. The van der Waals surface area contributed by atoms with Crippen molar-refractivity contribution in [3.8, 4) is 12.3 Å². The first-order valence-electron chi connectivity index (χ1n) is 3.80. The summed E-state index contributed by atoms with van der Waals surface area (Å²) in [5.74, 6) is 2.54. The largest absolute Gasteiger partial charge is 0.348 e. The van der Waals surface area contributed by atoms with Crippen LogP contribution in [-0.4, -0.2) is 18.6 Å². The van der Waals surface area contributed by atoms with Crippen LogP contribution in [-0.2, 0) is 4.79 Å². The highest BCUT2D eigenvalue weighted by atomic mass is 16.1. The fourth-order valence-corrected chi connectivity index (χ4v) is 0.982. The fraction of sp³-hybridized carbons (Fsp3) is 0.625. The molecule has 0 aromatic rings. The maximum absolute atomic E-state index is 9.80. The van der Waals surface area contributed by atoms with Crippen molar-refractivity contribution in [2.45, 2.75) is 24.9 Å². The zero-order chi connectivity index (χ0) is 8.86. The molecule has 4 heteroatoms. The number of hydrogen-bond donors (Lipinski definition) is 1. The number of rotatable bonds is 6. The predicted molar refractivity (Wildman–Crippen MR) is 44.0 cm³/mol. The Hall–Kier alpha value is -1.37. The van der Waals surface area contributed by atoms with Crippen molar-refractivity contribution in [2.75, 3.05) is 6.54 Å². The molecule has 1 N–H and O–H groups in total. The molecule has 0 aromatic carbocycles. The summed E-state index contributed by atoms with van der Waals surface area (Å²) in [5, 5.41) is 10.2. The monoisotopic (exact) mass is 164 g/mol. The van der Waals surface area contributed by atoms with Crippen LogP contribution in [0.1, 0.15) is 19.3 Å². The summed E-state index contributed by atoms with van der Waals surface area (Å²) in [6.07, 6.45) is 8.89. The highest BCUT2D eigenvalue weighted by Gasteiger charge is 2.38. The van der Waals surface area contributed by atoms with Gasteiger partial charge in [0, 0.05) is 25.8 Å². The zero-order valence-corrected chi connectivity index (χ0v) is 6.71. The topological polar surface area (TPSA) is 53.8 Å². The summed E-state index contributed by atoms with van der Waals surface area (Å²) in [7, 11) is 0. The van der Waals surface area contributed by atoms with Crippen molar-refractivity contribution >= 4 is 6.41 Å². The van der Waals surface area contributed by atoms with E-state index in [1.54, 1.807) is 6.41 Å². The molecular weight excluding hydrogens is 154 g/mol. The minimum absolute atomic E-state index is 0.282. The van der Waals surface area contributed by atoms with E-state index in [1.165, 1.54) is 0 Å². The molecule has 0 saturated carbocycles. The minimum Gasteiger partial charge on any atom is -0.348 e. The molecule has 0 spiro atoms. The second-order valence-electron chi connectivity index (χ2n) is 2.67. The molecule has 1 aliphatic heterocycles. The first-order valence-corrected chi connectivity index (χ1v) is 3.80. The van der Waals surface area contributed by atoms with Crippen molar-refractivity contribution in [1.82, 2.24) is 5.32 Å². The number of hydrogen-bond acceptors (Lipinski definition) is 3. The van der Waals surface area contributed by atoms with Gasteiger partial charge in [-0.05, 0) is 0 Å². The lowest BCUT2D eigenvalue weighted by molar-refractivity contribution is 0.496. The molecule has 63 valence electrons. The van der Waals surface area contributed by atoms with E-state index in [0.29, 0.717) is 13.0 Å². The van der Waals surface area contributed by atoms with Crippen molar-refractivity contribution in [1.29, 1.82) is 0 Å². The van der Waals surface area contributed by atoms with Gasteiger partial charge in [-0.3, -0.25) is 4.79 Å². The Balaban J connectivity index is 2.13. The predicted octanol–water partition coefficient (Wildman–Crippen LogP) is 0.609. The van der Waals surface area contributed by atoms with Crippen LogP contribution in [0.25, 0.3) is 0 Å². The molecule has 1 aliphatic rings. The van der Waals surface area contributed by atoms with E-state index in [9.17, 15) is 4.79 Å². The van der Waals surface area contributed by atoms with Gasteiger partial charge in [0.15, 0.2) is 5.66 Å². The molecular formula is C8H10N3O. The fourth-order valence-electron chi connectivity index (χ4n) is 0.982. The first kappa shape index (κ1) is 8.72. The van der Waals surface area contributed by atoms with Crippen LogP contribution in [0.4, 0.5) is 0 Å². The summed E-state index contributed by atoms with van der Waals surface area (Å²) in [4.78, 5) is 9.80. The number of nitrogens with zero attached hydrogens (tertiary/aromatic N) is 2. The Morgan fingerprint density at radius 2 is 2.17 bits per heavy atom. The molecule has 0 aromatic heterocycles. The highest BCUT2D eigenvalue weighted by Crippen LogP contribution is 2.35. The van der Waals surface area contributed by atoms with Crippen molar-refractivity contribution in [3.05, 3.63) is 0 Å². The Labute approximate surface area is 71.4 Å². The summed E-state index contributed by atoms with van der Waals surface area (Å²) in [6.45, 7) is 0.557. The molecule has 12 heavy (non-hydrogen) atoms. The van der Waals surface area contributed by atoms with Crippen LogP contribution in [0, 0.1) is 12.3 Å². The molecule has 1 radical (unpaired) electrons. The molecule has 1 rings (SSSR count). The Bertz CT molecular complexity index is 223. The van der Waals surface area contributed by atoms with Gasteiger partial charge in [-0.25, -0.2) is 0 Å². The van der Waals surface area contributed by atoms with Crippen molar-refractivity contribution in [3.63, 3.8) is 0 Å². The molecule has 0 atom stereocenters. The smallest absolute Gasteiger partial charge is 0.309 e. The van der Waals surface area contributed by atoms with E-state index < -0.39 is 0 Å². The zero-order valence-electron chi connectivity index (χ0n) is 6.71. The standard InChI is InChI=1S/C8H10N3O/c1-2-3-4-8(10-11-8)5-6-9-7-12/h1H,3-6H2,(H,9,12). The maximum atomic E-state index is 9.80. The average Bonchev–Trinajstić information content (AvgIpc) is 2.83. The van der Waals surface area contributed by atoms with E-state index in [1.807, 2.05) is 0 Å². The van der Waals surface area contributed by atoms with Crippen molar-refractivity contribution < 1.29 is 4.79 Å². The number of terminal acetylenes is 1. The first-order chi connectivity index (χ1) is 5.83. The van der Waals surface area contributed by atoms with Gasteiger partial charge in [-0.2, -0.15) is 10.2 Å². The van der Waals surface area contributed by atoms with Gasteiger partial charge in [-0.15, -0.1) is 12.3 Å². The van der Waals surface area contributed by atoms with E-state index in [4.69, 9.17) is 6.42 Å². The van der Waals surface area contributed by atoms with Crippen molar-refractivity contribution in [2.24, 2.45) is 10.2 Å². The highest BCUT2D eigenvalue weighted by molar-refractivity contribution is 5.46. The van der Waals surface area contributed by atoms with E-state index in [0.717, 1.165) is 12.8 Å². The lowest BCUT2D eigenvalue weighted by Crippen LogP contribution is -2.21. The number of carbonyl (C=O) groups excluding carboxylic acids is 1. The maximum Gasteiger partial charge on any atom is 0.309 e. The summed E-state index contributed by atoms with van der Waals surface area (Å²) >= 11 is 0. The van der Waals surface area contributed by atoms with Crippen LogP contribution < -0.4 is 5.32 Å². The van der Waals surface area contributed by atoms with E-state index >= 15 is 0 Å². The second kappa shape index (κ2) is 3.86. The summed E-state index contributed by atoms with van der Waals surface area (Å²) in [5.41, 5.74) is -0.282. The summed E-state index contributed by atoms with van der Waals surface area (Å²) in [6, 6.07) is 0. The quantitative estimate of drug-likeness (QED) is 0.349. The van der Waals surface area contributed by atoms with Gasteiger partial charge in [-0.1, -0.05) is 0 Å². The summed E-state index contributed by atoms with van der Waals surface area (Å²) < 4.78 is 0. The van der Waals surface area contributed by atoms with Crippen LogP contribution in [0.15, 0.2) is 10.2 Å². The molecule has 4 nitrogen and oxygen atoms in total. The third-order valence-electron chi connectivity index (χ3n) is 1.78. The Morgan fingerprint density at radius 3 is 2.67 bits per heavy atom. The lowest BCUT2D eigenvalue weighted by atomic mass is 10.0. The van der Waals surface area contributed by atoms with E-state index in [2.05, 4.69) is 21.5 Å². The van der Waals surface area contributed by atoms with Crippen LogP contribution in [0.5, 0.6) is 0 Å². The molecule has 0 aliphatic carbocycles. The third-order valence-corrected chi connectivity index (χ3v) is 1.78. The van der Waals surface area contributed by atoms with Gasteiger partial charge >= 0.3 is 6.41 Å². The minimum atomic E-state index is -0.282. The number of nitrogens with one attached hydrogen (secondary N) is 1. The van der Waals surface area contributed by atoms with Crippen LogP contribution in [0.2, 0.25) is 0 Å². The molecule has 0 bridgehead atoms. The van der Waals surface area contributed by atoms with E-state index in [-0.39, 0.29) is 5.66 Å². The molecule has 1 amide bonds. The van der Waals surface area contributed by atoms with Gasteiger partial charge < -0.3 is 5.32 Å².